The summed E-state index contributed by atoms with van der Waals surface area (Å²) < 4.78 is 2.64. The molecule has 0 radical (unpaired) electrons. The Morgan fingerprint density at radius 3 is 3.05 bits per heavy atom. The molecule has 2 heterocycles. The van der Waals surface area contributed by atoms with Gasteiger partial charge < -0.3 is 10.4 Å². The summed E-state index contributed by atoms with van der Waals surface area (Å²) in [7, 11) is 0. The molecule has 2 aromatic heterocycles. The highest BCUT2D eigenvalue weighted by atomic mass is 79.9. The largest absolute Gasteiger partial charge is 0.394 e. The minimum atomic E-state index is 0.0600. The van der Waals surface area contributed by atoms with Crippen molar-refractivity contribution in [3.8, 4) is 0 Å². The molecule has 0 fully saturated rings. The van der Waals surface area contributed by atoms with Crippen LogP contribution in [-0.4, -0.2) is 31.5 Å². The Morgan fingerprint density at radius 2 is 2.20 bits per heavy atom. The fraction of sp³-hybridized carbons (Fsp3) is 0.154. The first-order chi connectivity index (χ1) is 9.76. The van der Waals surface area contributed by atoms with E-state index in [2.05, 4.69) is 36.3 Å². The average Bonchev–Trinajstić information content (AvgIpc) is 2.87. The molecular weight excluding hydrogens is 322 g/mol. The number of aliphatic hydroxyl groups is 1. The molecule has 0 saturated carbocycles. The zero-order valence-corrected chi connectivity index (χ0v) is 12.1. The molecule has 0 atom stereocenters. The molecular formula is C13H12BrN5O. The highest BCUT2D eigenvalue weighted by Gasteiger charge is 2.06. The summed E-state index contributed by atoms with van der Waals surface area (Å²) in [5.74, 6) is 0.722. The van der Waals surface area contributed by atoms with Crippen molar-refractivity contribution in [3.05, 3.63) is 41.4 Å². The number of nitrogens with zero attached hydrogens (tertiary/aromatic N) is 4. The van der Waals surface area contributed by atoms with Crippen molar-refractivity contribution in [2.75, 3.05) is 11.9 Å². The van der Waals surface area contributed by atoms with Gasteiger partial charge in [-0.25, -0.2) is 9.97 Å². The smallest absolute Gasteiger partial charge is 0.141 e. The number of hydrogen-bond acceptors (Lipinski definition) is 5. The van der Waals surface area contributed by atoms with Crippen molar-refractivity contribution in [1.29, 1.82) is 0 Å². The van der Waals surface area contributed by atoms with Gasteiger partial charge in [-0.3, -0.25) is 4.68 Å². The number of aliphatic hydroxyl groups excluding tert-OH is 1. The molecule has 1 aromatic carbocycles. The van der Waals surface area contributed by atoms with Crippen molar-refractivity contribution in [2.45, 2.75) is 6.54 Å². The number of nitrogens with one attached hydrogen (secondary N) is 1. The van der Waals surface area contributed by atoms with E-state index in [0.29, 0.717) is 6.54 Å². The fourth-order valence-electron chi connectivity index (χ4n) is 1.92. The third-order valence-electron chi connectivity index (χ3n) is 2.82. The molecule has 0 aliphatic heterocycles. The van der Waals surface area contributed by atoms with Gasteiger partial charge in [0.1, 0.15) is 12.1 Å². The van der Waals surface area contributed by atoms with Gasteiger partial charge in [-0.05, 0) is 18.2 Å². The zero-order valence-electron chi connectivity index (χ0n) is 10.5. The topological polar surface area (TPSA) is 75.9 Å². The Kier molecular flexibility index (Phi) is 3.62. The molecule has 0 saturated heterocycles. The third-order valence-corrected chi connectivity index (χ3v) is 3.32. The fourth-order valence-corrected chi connectivity index (χ4v) is 2.28. The molecule has 3 aromatic rings. The number of hydrogen-bond donors (Lipinski definition) is 2. The summed E-state index contributed by atoms with van der Waals surface area (Å²) in [6, 6.07) is 5.84. The maximum atomic E-state index is 8.88. The second-order valence-electron chi connectivity index (χ2n) is 4.22. The van der Waals surface area contributed by atoms with E-state index in [9.17, 15) is 0 Å². The van der Waals surface area contributed by atoms with E-state index in [1.807, 2.05) is 24.4 Å². The van der Waals surface area contributed by atoms with Crippen LogP contribution in [0, 0.1) is 0 Å². The van der Waals surface area contributed by atoms with Crippen LogP contribution in [0.25, 0.3) is 10.9 Å². The van der Waals surface area contributed by atoms with Crippen LogP contribution in [0.3, 0.4) is 0 Å². The van der Waals surface area contributed by atoms with Crippen LogP contribution in [0.15, 0.2) is 41.4 Å². The Bertz CT molecular complexity index is 742. The van der Waals surface area contributed by atoms with E-state index < -0.39 is 0 Å². The standard InChI is InChI=1S/C13H12BrN5O/c14-9-1-2-12-11(5-9)13(16-8-15-12)18-10-6-17-19(7-10)3-4-20/h1-2,5-8,20H,3-4H2,(H,15,16,18). The summed E-state index contributed by atoms with van der Waals surface area (Å²) >= 11 is 3.45. The van der Waals surface area contributed by atoms with Gasteiger partial charge in [-0.2, -0.15) is 5.10 Å². The van der Waals surface area contributed by atoms with Crippen molar-refractivity contribution >= 4 is 38.3 Å². The summed E-state index contributed by atoms with van der Waals surface area (Å²) in [4.78, 5) is 8.50. The summed E-state index contributed by atoms with van der Waals surface area (Å²) in [6.07, 6.45) is 5.04. The monoisotopic (exact) mass is 333 g/mol. The quantitative estimate of drug-likeness (QED) is 0.766. The van der Waals surface area contributed by atoms with Crippen LogP contribution < -0.4 is 5.32 Å². The first kappa shape index (κ1) is 13.0. The number of rotatable bonds is 4. The van der Waals surface area contributed by atoms with Crippen molar-refractivity contribution in [3.63, 3.8) is 0 Å². The minimum absolute atomic E-state index is 0.0600. The molecule has 0 aliphatic rings. The second-order valence-corrected chi connectivity index (χ2v) is 5.14. The Balaban J connectivity index is 1.95. The summed E-state index contributed by atoms with van der Waals surface area (Å²) in [5.41, 5.74) is 1.69. The van der Waals surface area contributed by atoms with E-state index >= 15 is 0 Å². The molecule has 0 amide bonds. The van der Waals surface area contributed by atoms with Crippen LogP contribution >= 0.6 is 15.9 Å². The van der Waals surface area contributed by atoms with Crippen LogP contribution in [0.2, 0.25) is 0 Å². The Morgan fingerprint density at radius 1 is 1.30 bits per heavy atom. The van der Waals surface area contributed by atoms with E-state index in [1.165, 1.54) is 6.33 Å². The molecule has 3 rings (SSSR count). The second kappa shape index (κ2) is 5.56. The van der Waals surface area contributed by atoms with Crippen LogP contribution in [-0.2, 0) is 6.54 Å². The molecule has 102 valence electrons. The lowest BCUT2D eigenvalue weighted by molar-refractivity contribution is 0.269. The van der Waals surface area contributed by atoms with Crippen molar-refractivity contribution in [1.82, 2.24) is 19.7 Å². The third kappa shape index (κ3) is 2.63. The zero-order chi connectivity index (χ0) is 13.9. The summed E-state index contributed by atoms with van der Waals surface area (Å²) in [5, 5.41) is 17.2. The summed E-state index contributed by atoms with van der Waals surface area (Å²) in [6.45, 7) is 0.530. The van der Waals surface area contributed by atoms with Gasteiger partial charge in [0.15, 0.2) is 0 Å². The molecule has 6 nitrogen and oxygen atoms in total. The van der Waals surface area contributed by atoms with Gasteiger partial charge in [-0.15, -0.1) is 0 Å². The molecule has 2 N–H and O–H groups in total. The van der Waals surface area contributed by atoms with Gasteiger partial charge in [0.25, 0.3) is 0 Å². The number of aromatic nitrogens is 4. The normalized spacial score (nSPS) is 10.9. The van der Waals surface area contributed by atoms with Crippen LogP contribution in [0.5, 0.6) is 0 Å². The molecule has 20 heavy (non-hydrogen) atoms. The lowest BCUT2D eigenvalue weighted by Crippen LogP contribution is -2.01. The van der Waals surface area contributed by atoms with Crippen LogP contribution in [0.1, 0.15) is 0 Å². The molecule has 0 bridgehead atoms. The lowest BCUT2D eigenvalue weighted by atomic mass is 10.2. The van der Waals surface area contributed by atoms with Gasteiger partial charge in [-0.1, -0.05) is 15.9 Å². The van der Waals surface area contributed by atoms with Gasteiger partial charge in [0.05, 0.1) is 30.6 Å². The minimum Gasteiger partial charge on any atom is -0.394 e. The van der Waals surface area contributed by atoms with Crippen molar-refractivity contribution < 1.29 is 5.11 Å². The first-order valence-corrected chi connectivity index (χ1v) is 6.86. The van der Waals surface area contributed by atoms with E-state index in [0.717, 1.165) is 26.9 Å². The molecule has 0 spiro atoms. The van der Waals surface area contributed by atoms with E-state index in [1.54, 1.807) is 10.9 Å². The van der Waals surface area contributed by atoms with E-state index in [4.69, 9.17) is 5.11 Å². The maximum Gasteiger partial charge on any atom is 0.141 e. The predicted molar refractivity (Wildman–Crippen MR) is 79.8 cm³/mol. The molecule has 0 unspecified atom stereocenters. The van der Waals surface area contributed by atoms with E-state index in [-0.39, 0.29) is 6.61 Å². The Hall–Kier alpha value is -1.99. The average molecular weight is 334 g/mol. The highest BCUT2D eigenvalue weighted by molar-refractivity contribution is 9.10. The number of halogens is 1. The van der Waals surface area contributed by atoms with Crippen LogP contribution in [0.4, 0.5) is 11.5 Å². The number of benzene rings is 1. The predicted octanol–water partition coefficient (Wildman–Crippen LogP) is 2.32. The highest BCUT2D eigenvalue weighted by Crippen LogP contribution is 2.25. The number of anilines is 2. The number of fused-ring (bicyclic) bond motifs is 1. The van der Waals surface area contributed by atoms with Crippen molar-refractivity contribution in [2.24, 2.45) is 0 Å². The van der Waals surface area contributed by atoms with Gasteiger partial charge >= 0.3 is 0 Å². The Labute approximate surface area is 123 Å². The SMILES string of the molecule is OCCn1cc(Nc2ncnc3ccc(Br)cc23)cn1. The van der Waals surface area contributed by atoms with Gasteiger partial charge in [0.2, 0.25) is 0 Å². The maximum absolute atomic E-state index is 8.88. The first-order valence-electron chi connectivity index (χ1n) is 6.07. The van der Waals surface area contributed by atoms with Gasteiger partial charge in [0, 0.05) is 16.1 Å². The molecule has 0 aliphatic carbocycles. The molecule has 7 heteroatoms. The lowest BCUT2D eigenvalue weighted by Gasteiger charge is -2.06.